The van der Waals surface area contributed by atoms with Gasteiger partial charge in [0.2, 0.25) is 5.91 Å². The van der Waals surface area contributed by atoms with Gasteiger partial charge < -0.3 is 9.88 Å². The van der Waals surface area contributed by atoms with Crippen LogP contribution in [-0.4, -0.2) is 41.4 Å². The topological polar surface area (TPSA) is 116 Å². The Bertz CT molecular complexity index is 1410. The predicted octanol–water partition coefficient (Wildman–Crippen LogP) is 1.86. The minimum Gasteiger partial charge on any atom is -0.333 e. The van der Waals surface area contributed by atoms with E-state index in [1.807, 2.05) is 33.8 Å². The molecular weight excluding hydrogens is 396 g/mol. The average molecular weight is 420 g/mol. The van der Waals surface area contributed by atoms with Gasteiger partial charge in [-0.2, -0.15) is 0 Å². The summed E-state index contributed by atoms with van der Waals surface area (Å²) >= 11 is 0. The highest BCUT2D eigenvalue weighted by molar-refractivity contribution is 5.80. The lowest BCUT2D eigenvalue weighted by molar-refractivity contribution is -0.133. The van der Waals surface area contributed by atoms with Gasteiger partial charge in [0.1, 0.15) is 5.82 Å². The van der Waals surface area contributed by atoms with Gasteiger partial charge in [0, 0.05) is 29.1 Å². The molecule has 3 aromatic heterocycles. The van der Waals surface area contributed by atoms with Crippen LogP contribution in [0.4, 0.5) is 0 Å². The van der Waals surface area contributed by atoms with Crippen LogP contribution in [0.3, 0.4) is 0 Å². The Morgan fingerprint density at radius 1 is 1.16 bits per heavy atom. The number of benzene rings is 1. The molecule has 0 saturated carbocycles. The molecule has 1 amide bonds. The van der Waals surface area contributed by atoms with Gasteiger partial charge in [0.25, 0.3) is 11.1 Å². The second kappa shape index (κ2) is 7.82. The van der Waals surface area contributed by atoms with E-state index in [0.29, 0.717) is 28.1 Å². The highest BCUT2D eigenvalue weighted by atomic mass is 16.2. The summed E-state index contributed by atoms with van der Waals surface area (Å²) in [5.41, 5.74) is 2.87. The molecule has 4 aromatic rings. The number of carbonyl (C=O) groups excluding carboxylic acids is 1. The van der Waals surface area contributed by atoms with Crippen molar-refractivity contribution in [1.82, 2.24) is 29.5 Å². The van der Waals surface area contributed by atoms with Gasteiger partial charge in [0.15, 0.2) is 5.65 Å². The van der Waals surface area contributed by atoms with Crippen LogP contribution in [0.25, 0.3) is 16.6 Å². The van der Waals surface area contributed by atoms with Gasteiger partial charge in [-0.15, -0.1) is 0 Å². The number of H-pyrrole nitrogens is 2. The molecule has 9 heteroatoms. The van der Waals surface area contributed by atoms with Crippen molar-refractivity contribution < 1.29 is 4.79 Å². The molecule has 2 N–H and O–H groups in total. The van der Waals surface area contributed by atoms with Crippen LogP contribution in [0.15, 0.2) is 39.9 Å². The second-order valence-electron chi connectivity index (χ2n) is 7.90. The van der Waals surface area contributed by atoms with Crippen molar-refractivity contribution in [3.8, 4) is 0 Å². The largest absolute Gasteiger partial charge is 0.333 e. The molecule has 160 valence electrons. The van der Waals surface area contributed by atoms with E-state index < -0.39 is 0 Å². The number of rotatable bonds is 5. The molecule has 0 fully saturated rings. The smallest absolute Gasteiger partial charge is 0.266 e. The number of fused-ring (bicyclic) bond motifs is 2. The molecule has 1 aromatic carbocycles. The summed E-state index contributed by atoms with van der Waals surface area (Å²) in [5, 5.41) is 3.22. The monoisotopic (exact) mass is 420 g/mol. The zero-order chi connectivity index (χ0) is 22.3. The van der Waals surface area contributed by atoms with Gasteiger partial charge in [-0.3, -0.25) is 19.5 Å². The lowest BCUT2D eigenvalue weighted by atomic mass is 10.1. The molecule has 0 spiro atoms. The normalized spacial score (nSPS) is 11.5. The lowest BCUT2D eigenvalue weighted by Gasteiger charge is -2.27. The van der Waals surface area contributed by atoms with Crippen molar-refractivity contribution in [3.05, 3.63) is 73.8 Å². The van der Waals surface area contributed by atoms with Crippen LogP contribution >= 0.6 is 0 Å². The van der Waals surface area contributed by atoms with Crippen LogP contribution in [0.2, 0.25) is 0 Å². The summed E-state index contributed by atoms with van der Waals surface area (Å²) in [6.45, 7) is 7.70. The van der Waals surface area contributed by atoms with E-state index in [0.717, 1.165) is 11.3 Å². The molecule has 0 unspecified atom stereocenters. The molecule has 0 atom stereocenters. The van der Waals surface area contributed by atoms with Crippen molar-refractivity contribution in [2.24, 2.45) is 0 Å². The number of carbonyl (C=O) groups is 1. The Labute approximate surface area is 177 Å². The summed E-state index contributed by atoms with van der Waals surface area (Å²) in [6, 6.07) is 8.43. The van der Waals surface area contributed by atoms with Crippen LogP contribution in [0.1, 0.15) is 36.6 Å². The fourth-order valence-corrected chi connectivity index (χ4v) is 3.79. The Morgan fingerprint density at radius 2 is 1.90 bits per heavy atom. The van der Waals surface area contributed by atoms with Crippen LogP contribution in [0.5, 0.6) is 0 Å². The maximum atomic E-state index is 13.2. The number of aryl methyl sites for hydroxylation is 2. The highest BCUT2D eigenvalue weighted by Crippen LogP contribution is 2.17. The quantitative estimate of drug-likeness (QED) is 0.511. The molecule has 4 rings (SSSR count). The molecule has 3 heterocycles. The van der Waals surface area contributed by atoms with Crippen molar-refractivity contribution in [2.75, 3.05) is 0 Å². The first-order valence-electron chi connectivity index (χ1n) is 10.1. The highest BCUT2D eigenvalue weighted by Gasteiger charge is 2.22. The van der Waals surface area contributed by atoms with E-state index in [1.165, 1.54) is 6.07 Å². The minimum absolute atomic E-state index is 0.104. The van der Waals surface area contributed by atoms with E-state index in [-0.39, 0.29) is 36.0 Å². The number of aromatic amines is 2. The number of hydrogen-bond donors (Lipinski definition) is 2. The number of nitrogens with zero attached hydrogens (tertiary/aromatic N) is 4. The molecule has 0 radical (unpaired) electrons. The second-order valence-corrected chi connectivity index (χ2v) is 7.90. The van der Waals surface area contributed by atoms with Gasteiger partial charge in [-0.25, -0.2) is 14.5 Å². The Hall–Kier alpha value is -3.75. The lowest BCUT2D eigenvalue weighted by Crippen LogP contribution is -2.38. The van der Waals surface area contributed by atoms with Crippen molar-refractivity contribution in [3.63, 3.8) is 0 Å². The standard InChI is InChI=1S/C22H24N6O3/c1-12(2)27(11-18-24-17-8-6-5-7-15(17)22(31)25-18)21(30)9-16-13(3)23-19-10-20(29)26-28(19)14(16)4/h5-8,10,12H,9,11H2,1-4H3,(H,26,29)(H,24,25,31). The molecule has 0 aliphatic heterocycles. The fraction of sp³-hybridized carbons (Fsp3) is 0.318. The van der Waals surface area contributed by atoms with Crippen LogP contribution < -0.4 is 11.1 Å². The molecular formula is C22H24N6O3. The molecule has 0 aliphatic carbocycles. The maximum Gasteiger partial charge on any atom is 0.266 e. The molecule has 9 nitrogen and oxygen atoms in total. The van der Waals surface area contributed by atoms with E-state index in [9.17, 15) is 14.4 Å². The van der Waals surface area contributed by atoms with E-state index in [2.05, 4.69) is 20.1 Å². The Balaban J connectivity index is 1.65. The van der Waals surface area contributed by atoms with E-state index in [4.69, 9.17) is 0 Å². The molecule has 0 bridgehead atoms. The summed E-state index contributed by atoms with van der Waals surface area (Å²) in [4.78, 5) is 50.7. The zero-order valence-corrected chi connectivity index (χ0v) is 17.9. The average Bonchev–Trinajstić information content (AvgIpc) is 3.09. The number of aromatic nitrogens is 5. The third kappa shape index (κ3) is 3.86. The molecule has 31 heavy (non-hydrogen) atoms. The number of amides is 1. The molecule has 0 aliphatic rings. The summed E-state index contributed by atoms with van der Waals surface area (Å²) in [6.07, 6.45) is 0.122. The summed E-state index contributed by atoms with van der Waals surface area (Å²) < 4.78 is 1.60. The van der Waals surface area contributed by atoms with Crippen LogP contribution in [-0.2, 0) is 17.8 Å². The number of nitrogens with one attached hydrogen (secondary N) is 2. The van der Waals surface area contributed by atoms with Crippen molar-refractivity contribution >= 4 is 22.5 Å². The summed E-state index contributed by atoms with van der Waals surface area (Å²) in [5.74, 6) is 0.315. The first-order valence-corrected chi connectivity index (χ1v) is 10.1. The SMILES string of the molecule is Cc1nc2cc(=O)[nH]n2c(C)c1CC(=O)N(Cc1nc2ccccc2c(=O)[nH]1)C(C)C. The van der Waals surface area contributed by atoms with Gasteiger partial charge in [-0.05, 0) is 39.8 Å². The number of para-hydroxylation sites is 1. The predicted molar refractivity (Wildman–Crippen MR) is 117 cm³/mol. The number of hydrogen-bond acceptors (Lipinski definition) is 5. The van der Waals surface area contributed by atoms with Crippen LogP contribution in [0, 0.1) is 13.8 Å². The van der Waals surface area contributed by atoms with Gasteiger partial charge in [-0.1, -0.05) is 12.1 Å². The Kier molecular flexibility index (Phi) is 5.18. The first kappa shape index (κ1) is 20.5. The molecule has 0 saturated heterocycles. The van der Waals surface area contributed by atoms with Crippen molar-refractivity contribution in [2.45, 2.75) is 46.7 Å². The maximum absolute atomic E-state index is 13.2. The minimum atomic E-state index is -0.242. The Morgan fingerprint density at radius 3 is 2.65 bits per heavy atom. The zero-order valence-electron chi connectivity index (χ0n) is 17.9. The first-order chi connectivity index (χ1) is 14.7. The third-order valence-corrected chi connectivity index (χ3v) is 5.46. The van der Waals surface area contributed by atoms with Gasteiger partial charge in [0.05, 0.1) is 23.9 Å². The fourth-order valence-electron chi connectivity index (χ4n) is 3.79. The van der Waals surface area contributed by atoms with E-state index >= 15 is 0 Å². The van der Waals surface area contributed by atoms with Gasteiger partial charge >= 0.3 is 0 Å². The van der Waals surface area contributed by atoms with E-state index in [1.54, 1.807) is 27.6 Å². The van der Waals surface area contributed by atoms with Crippen molar-refractivity contribution in [1.29, 1.82) is 0 Å². The summed E-state index contributed by atoms with van der Waals surface area (Å²) in [7, 11) is 0. The third-order valence-electron chi connectivity index (χ3n) is 5.46.